The molecule has 9 nitrogen and oxygen atoms in total. The number of imidazole rings is 1. The van der Waals surface area contributed by atoms with E-state index >= 15 is 0 Å². The van der Waals surface area contributed by atoms with Crippen molar-refractivity contribution < 1.29 is 8.42 Å². The van der Waals surface area contributed by atoms with Gasteiger partial charge in [-0.05, 0) is 66.9 Å². The molecule has 6 rings (SSSR count). The second kappa shape index (κ2) is 11.9. The minimum Gasteiger partial charge on any atom is -0.346 e. The summed E-state index contributed by atoms with van der Waals surface area (Å²) < 4.78 is 30.4. The van der Waals surface area contributed by atoms with Crippen LogP contribution < -0.4 is 10.0 Å². The number of thiophene rings is 1. The van der Waals surface area contributed by atoms with Gasteiger partial charge in [-0.3, -0.25) is 0 Å². The van der Waals surface area contributed by atoms with Crippen molar-refractivity contribution in [2.45, 2.75) is 38.1 Å². The molecule has 11 heteroatoms. The molecule has 2 aromatic carbocycles. The predicted molar refractivity (Wildman–Crippen MR) is 169 cm³/mol. The van der Waals surface area contributed by atoms with E-state index in [4.69, 9.17) is 4.98 Å². The molecular weight excluding hydrogens is 567 g/mol. The van der Waals surface area contributed by atoms with Crippen LogP contribution >= 0.6 is 11.3 Å². The van der Waals surface area contributed by atoms with Gasteiger partial charge in [0.05, 0.1) is 15.5 Å². The second-order valence-electron chi connectivity index (χ2n) is 10.0. The van der Waals surface area contributed by atoms with Crippen LogP contribution in [0.2, 0.25) is 0 Å². The normalized spacial score (nSPS) is 11.8. The fraction of sp³-hybridized carbons (Fsp3) is 0.194. The van der Waals surface area contributed by atoms with E-state index in [1.807, 2.05) is 68.8 Å². The number of aromatic nitrogens is 5. The number of aryl methyl sites for hydroxylation is 1. The Labute approximate surface area is 248 Å². The Bertz CT molecular complexity index is 1940. The molecular formula is C31H31N7O2S2. The highest BCUT2D eigenvalue weighted by atomic mass is 32.2. The summed E-state index contributed by atoms with van der Waals surface area (Å²) in [5, 5.41) is 4.26. The molecule has 0 bridgehead atoms. The summed E-state index contributed by atoms with van der Waals surface area (Å²) in [6.07, 6.45) is 7.36. The van der Waals surface area contributed by atoms with Crippen molar-refractivity contribution in [3.8, 4) is 21.0 Å². The summed E-state index contributed by atoms with van der Waals surface area (Å²) in [5.74, 6) is 1.46. The minimum atomic E-state index is -3.57. The Morgan fingerprint density at radius 3 is 2.62 bits per heavy atom. The first-order valence-electron chi connectivity index (χ1n) is 13.8. The smallest absolute Gasteiger partial charge is 0.240 e. The van der Waals surface area contributed by atoms with Crippen molar-refractivity contribution in [2.24, 2.45) is 0 Å². The average Bonchev–Trinajstić information content (AvgIpc) is 3.76. The van der Waals surface area contributed by atoms with Crippen molar-refractivity contribution in [1.82, 2.24) is 29.2 Å². The number of fused-ring (bicyclic) bond motifs is 1. The molecule has 0 fully saturated rings. The van der Waals surface area contributed by atoms with E-state index in [1.54, 1.807) is 29.5 Å². The van der Waals surface area contributed by atoms with Gasteiger partial charge in [-0.2, -0.15) is 4.98 Å². The molecule has 0 radical (unpaired) electrons. The first-order chi connectivity index (χ1) is 20.4. The molecule has 0 saturated carbocycles. The number of unbranched alkanes of at least 4 members (excludes halogenated alkanes) is 1. The van der Waals surface area contributed by atoms with Crippen LogP contribution in [0, 0.1) is 6.92 Å². The molecule has 0 aliphatic heterocycles. The SMILES string of the molecule is CCCCNS(=O)(=O)c1cccc(-c2ccc(-c3nc(Nc4ccc(Cn5ccnc5C)cc4)nc4[nH]ccc34)s2)c1. The van der Waals surface area contributed by atoms with Crippen LogP contribution in [0.4, 0.5) is 11.6 Å². The first-order valence-corrected chi connectivity index (χ1v) is 16.1. The van der Waals surface area contributed by atoms with Gasteiger partial charge < -0.3 is 14.9 Å². The van der Waals surface area contributed by atoms with Gasteiger partial charge in [0.15, 0.2) is 0 Å². The van der Waals surface area contributed by atoms with Gasteiger partial charge >= 0.3 is 0 Å². The first kappa shape index (κ1) is 27.8. The predicted octanol–water partition coefficient (Wildman–Crippen LogP) is 6.73. The fourth-order valence-electron chi connectivity index (χ4n) is 4.68. The molecule has 6 aromatic rings. The number of nitrogens with zero attached hydrogens (tertiary/aromatic N) is 4. The molecule has 4 heterocycles. The number of hydrogen-bond donors (Lipinski definition) is 3. The van der Waals surface area contributed by atoms with Crippen molar-refractivity contribution in [3.63, 3.8) is 0 Å². The third-order valence-electron chi connectivity index (χ3n) is 6.99. The molecule has 0 spiro atoms. The van der Waals surface area contributed by atoms with E-state index in [1.165, 1.54) is 5.56 Å². The maximum atomic E-state index is 12.8. The van der Waals surface area contributed by atoms with Crippen LogP contribution in [0.5, 0.6) is 0 Å². The number of hydrogen-bond acceptors (Lipinski definition) is 7. The van der Waals surface area contributed by atoms with E-state index < -0.39 is 10.0 Å². The highest BCUT2D eigenvalue weighted by Crippen LogP contribution is 2.37. The lowest BCUT2D eigenvalue weighted by Crippen LogP contribution is -2.24. The molecule has 0 aliphatic rings. The van der Waals surface area contributed by atoms with Gasteiger partial charge in [0, 0.05) is 47.6 Å². The van der Waals surface area contributed by atoms with E-state index in [2.05, 4.69) is 41.7 Å². The Hall–Kier alpha value is -4.32. The average molecular weight is 598 g/mol. The van der Waals surface area contributed by atoms with Crippen LogP contribution in [0.1, 0.15) is 31.2 Å². The Morgan fingerprint density at radius 2 is 1.83 bits per heavy atom. The molecule has 214 valence electrons. The monoisotopic (exact) mass is 597 g/mol. The Balaban J connectivity index is 1.25. The molecule has 0 amide bonds. The maximum Gasteiger partial charge on any atom is 0.240 e. The van der Waals surface area contributed by atoms with E-state index in [9.17, 15) is 8.42 Å². The third kappa shape index (κ3) is 5.98. The van der Waals surface area contributed by atoms with Crippen LogP contribution in [-0.2, 0) is 16.6 Å². The lowest BCUT2D eigenvalue weighted by molar-refractivity contribution is 0.578. The van der Waals surface area contributed by atoms with Crippen LogP contribution in [-0.4, -0.2) is 39.5 Å². The van der Waals surface area contributed by atoms with E-state index in [0.717, 1.165) is 62.9 Å². The number of nitrogens with one attached hydrogen (secondary N) is 3. The molecule has 0 aliphatic carbocycles. The number of sulfonamides is 1. The zero-order valence-corrected chi connectivity index (χ0v) is 25.0. The lowest BCUT2D eigenvalue weighted by atomic mass is 10.2. The summed E-state index contributed by atoms with van der Waals surface area (Å²) in [6.45, 7) is 5.21. The zero-order valence-electron chi connectivity index (χ0n) is 23.3. The summed E-state index contributed by atoms with van der Waals surface area (Å²) in [5.41, 5.74) is 4.43. The number of rotatable bonds is 11. The van der Waals surface area contributed by atoms with Crippen molar-refractivity contribution in [3.05, 3.63) is 96.7 Å². The van der Waals surface area contributed by atoms with Crippen molar-refractivity contribution in [1.29, 1.82) is 0 Å². The van der Waals surface area contributed by atoms with Crippen molar-refractivity contribution >= 4 is 44.0 Å². The molecule has 0 atom stereocenters. The van der Waals surface area contributed by atoms with Crippen LogP contribution in [0.15, 0.2) is 90.2 Å². The van der Waals surface area contributed by atoms with Crippen LogP contribution in [0.25, 0.3) is 32.0 Å². The minimum absolute atomic E-state index is 0.263. The second-order valence-corrected chi connectivity index (χ2v) is 12.9. The van der Waals surface area contributed by atoms with Gasteiger partial charge in [-0.15, -0.1) is 11.3 Å². The largest absolute Gasteiger partial charge is 0.346 e. The highest BCUT2D eigenvalue weighted by Gasteiger charge is 2.17. The number of anilines is 2. The maximum absolute atomic E-state index is 12.8. The number of benzene rings is 2. The Morgan fingerprint density at radius 1 is 1.00 bits per heavy atom. The van der Waals surface area contributed by atoms with E-state index in [0.29, 0.717) is 12.5 Å². The van der Waals surface area contributed by atoms with Gasteiger partial charge in [-0.1, -0.05) is 37.6 Å². The van der Waals surface area contributed by atoms with Gasteiger partial charge in [0.1, 0.15) is 11.5 Å². The summed E-state index contributed by atoms with van der Waals surface area (Å²) in [4.78, 5) is 19.3. The third-order valence-corrected chi connectivity index (χ3v) is 9.59. The highest BCUT2D eigenvalue weighted by molar-refractivity contribution is 7.89. The van der Waals surface area contributed by atoms with E-state index in [-0.39, 0.29) is 4.90 Å². The van der Waals surface area contributed by atoms with Crippen molar-refractivity contribution in [2.75, 3.05) is 11.9 Å². The molecule has 4 aromatic heterocycles. The van der Waals surface area contributed by atoms with Crippen LogP contribution in [0.3, 0.4) is 0 Å². The van der Waals surface area contributed by atoms with Gasteiger partial charge in [0.25, 0.3) is 0 Å². The quantitative estimate of drug-likeness (QED) is 0.143. The molecule has 3 N–H and O–H groups in total. The summed E-state index contributed by atoms with van der Waals surface area (Å²) >= 11 is 1.56. The Kier molecular flexibility index (Phi) is 7.88. The number of aromatic amines is 1. The lowest BCUT2D eigenvalue weighted by Gasteiger charge is -2.09. The molecule has 0 saturated heterocycles. The van der Waals surface area contributed by atoms with Gasteiger partial charge in [-0.25, -0.2) is 23.1 Å². The van der Waals surface area contributed by atoms with Gasteiger partial charge in [0.2, 0.25) is 16.0 Å². The molecule has 42 heavy (non-hydrogen) atoms. The standard InChI is InChI=1S/C31H31N7O2S2/c1-3-4-15-34-42(39,40)25-7-5-6-23(19-25)27-12-13-28(41-27)29-26-14-16-33-30(26)37-31(36-29)35-24-10-8-22(9-11-24)20-38-18-17-32-21(38)2/h5-14,16-19,34H,3-4,15,20H2,1-2H3,(H2,33,35,36,37). The number of H-pyrrole nitrogens is 1. The summed E-state index contributed by atoms with van der Waals surface area (Å²) in [7, 11) is -3.57. The molecule has 0 unspecified atom stereocenters. The zero-order chi connectivity index (χ0) is 29.1. The topological polar surface area (TPSA) is 118 Å². The fourth-order valence-corrected chi connectivity index (χ4v) is 6.80. The summed E-state index contributed by atoms with van der Waals surface area (Å²) in [6, 6.07) is 21.2.